The Hall–Kier alpha value is -3.65. The standard InChI is InChI=1S/C22H20ClN5O3/c1-30-17-8-6-15(7-9-17)22-26-21(31-27-22)11-10-20(29)25-19-12-13-24-28(19)14-16-4-2-3-5-18(16)23/h2-9,12-13H,10-11,14H2,1H3,(H,25,29). The van der Waals surface area contributed by atoms with Crippen molar-refractivity contribution >= 4 is 23.3 Å². The van der Waals surface area contributed by atoms with Gasteiger partial charge in [-0.2, -0.15) is 10.1 Å². The summed E-state index contributed by atoms with van der Waals surface area (Å²) < 4.78 is 12.1. The number of methoxy groups -OCH3 is 1. The van der Waals surface area contributed by atoms with E-state index in [0.717, 1.165) is 16.9 Å². The van der Waals surface area contributed by atoms with Crippen molar-refractivity contribution in [1.82, 2.24) is 19.9 Å². The van der Waals surface area contributed by atoms with E-state index in [1.807, 2.05) is 48.5 Å². The van der Waals surface area contributed by atoms with Crippen LogP contribution in [0, 0.1) is 0 Å². The van der Waals surface area contributed by atoms with Crippen LogP contribution in [0.4, 0.5) is 5.82 Å². The van der Waals surface area contributed by atoms with Gasteiger partial charge in [0.25, 0.3) is 0 Å². The zero-order chi connectivity index (χ0) is 21.6. The Kier molecular flexibility index (Phi) is 6.28. The Morgan fingerprint density at radius 1 is 1.16 bits per heavy atom. The molecule has 0 saturated carbocycles. The molecule has 2 aromatic heterocycles. The maximum atomic E-state index is 12.4. The SMILES string of the molecule is COc1ccc(-c2noc(CCC(=O)Nc3ccnn3Cc3ccccc3Cl)n2)cc1. The summed E-state index contributed by atoms with van der Waals surface area (Å²) in [5.41, 5.74) is 1.73. The monoisotopic (exact) mass is 437 g/mol. The van der Waals surface area contributed by atoms with Gasteiger partial charge in [-0.3, -0.25) is 4.79 Å². The third kappa shape index (κ3) is 5.10. The zero-order valence-corrected chi connectivity index (χ0v) is 17.5. The summed E-state index contributed by atoms with van der Waals surface area (Å²) in [7, 11) is 1.61. The van der Waals surface area contributed by atoms with Crippen molar-refractivity contribution < 1.29 is 14.1 Å². The number of aromatic nitrogens is 4. The molecule has 0 atom stereocenters. The maximum absolute atomic E-state index is 12.4. The minimum Gasteiger partial charge on any atom is -0.497 e. The lowest BCUT2D eigenvalue weighted by molar-refractivity contribution is -0.116. The van der Waals surface area contributed by atoms with E-state index in [2.05, 4.69) is 20.6 Å². The molecule has 0 unspecified atom stereocenters. The van der Waals surface area contributed by atoms with Crippen molar-refractivity contribution in [2.75, 3.05) is 12.4 Å². The van der Waals surface area contributed by atoms with Crippen molar-refractivity contribution in [3.63, 3.8) is 0 Å². The molecule has 0 aliphatic heterocycles. The van der Waals surface area contributed by atoms with Crippen molar-refractivity contribution in [2.24, 2.45) is 0 Å². The van der Waals surface area contributed by atoms with Crippen LogP contribution in [-0.4, -0.2) is 32.9 Å². The number of anilines is 1. The van der Waals surface area contributed by atoms with Gasteiger partial charge in [-0.05, 0) is 35.9 Å². The predicted octanol–water partition coefficient (Wildman–Crippen LogP) is 4.21. The number of ether oxygens (including phenoxy) is 1. The first-order chi connectivity index (χ1) is 15.1. The Balaban J connectivity index is 1.34. The molecule has 31 heavy (non-hydrogen) atoms. The van der Waals surface area contributed by atoms with E-state index >= 15 is 0 Å². The summed E-state index contributed by atoms with van der Waals surface area (Å²) in [4.78, 5) is 16.8. The zero-order valence-electron chi connectivity index (χ0n) is 16.8. The molecule has 8 nitrogen and oxygen atoms in total. The number of nitrogens with one attached hydrogen (secondary N) is 1. The van der Waals surface area contributed by atoms with E-state index in [1.165, 1.54) is 0 Å². The molecule has 0 bridgehead atoms. The third-order valence-corrected chi connectivity index (χ3v) is 5.01. The van der Waals surface area contributed by atoms with Crippen molar-refractivity contribution in [3.05, 3.63) is 77.3 Å². The lowest BCUT2D eigenvalue weighted by Crippen LogP contribution is -2.16. The van der Waals surface area contributed by atoms with E-state index in [1.54, 1.807) is 24.1 Å². The number of rotatable bonds is 8. The molecule has 158 valence electrons. The highest BCUT2D eigenvalue weighted by Gasteiger charge is 2.13. The Labute approximate surface area is 183 Å². The van der Waals surface area contributed by atoms with Gasteiger partial charge in [-0.25, -0.2) is 4.68 Å². The highest BCUT2D eigenvalue weighted by molar-refractivity contribution is 6.31. The second-order valence-electron chi connectivity index (χ2n) is 6.75. The number of carbonyl (C=O) groups excluding carboxylic acids is 1. The van der Waals surface area contributed by atoms with E-state index < -0.39 is 0 Å². The molecule has 0 spiro atoms. The van der Waals surface area contributed by atoms with Gasteiger partial charge in [0.1, 0.15) is 11.6 Å². The number of hydrogen-bond acceptors (Lipinski definition) is 6. The lowest BCUT2D eigenvalue weighted by Gasteiger charge is -2.09. The largest absolute Gasteiger partial charge is 0.497 e. The smallest absolute Gasteiger partial charge is 0.227 e. The molecule has 4 rings (SSSR count). The molecule has 1 amide bonds. The minimum atomic E-state index is -0.176. The van der Waals surface area contributed by atoms with Crippen LogP contribution in [0.5, 0.6) is 5.75 Å². The maximum Gasteiger partial charge on any atom is 0.227 e. The van der Waals surface area contributed by atoms with Crippen LogP contribution in [0.15, 0.2) is 65.3 Å². The van der Waals surface area contributed by atoms with Crippen LogP contribution in [0.3, 0.4) is 0 Å². The summed E-state index contributed by atoms with van der Waals surface area (Å²) in [6.45, 7) is 0.456. The van der Waals surface area contributed by atoms with Crippen LogP contribution >= 0.6 is 11.6 Å². The number of hydrogen-bond donors (Lipinski definition) is 1. The summed E-state index contributed by atoms with van der Waals surface area (Å²) >= 11 is 6.22. The molecule has 0 aliphatic rings. The van der Waals surface area contributed by atoms with E-state index in [0.29, 0.717) is 35.5 Å². The van der Waals surface area contributed by atoms with Gasteiger partial charge in [-0.15, -0.1) is 0 Å². The van der Waals surface area contributed by atoms with Gasteiger partial charge in [0.2, 0.25) is 17.6 Å². The summed E-state index contributed by atoms with van der Waals surface area (Å²) in [5.74, 6) is 2.03. The minimum absolute atomic E-state index is 0.176. The molecule has 9 heteroatoms. The number of halogens is 1. The third-order valence-electron chi connectivity index (χ3n) is 4.64. The van der Waals surface area contributed by atoms with Crippen LogP contribution in [0.2, 0.25) is 5.02 Å². The fraction of sp³-hybridized carbons (Fsp3) is 0.182. The number of carbonyl (C=O) groups is 1. The highest BCUT2D eigenvalue weighted by Crippen LogP contribution is 2.21. The number of amides is 1. The molecule has 1 N–H and O–H groups in total. The summed E-state index contributed by atoms with van der Waals surface area (Å²) in [5, 5.41) is 11.8. The molecule has 4 aromatic rings. The van der Waals surface area contributed by atoms with Gasteiger partial charge >= 0.3 is 0 Å². The van der Waals surface area contributed by atoms with Crippen molar-refractivity contribution in [2.45, 2.75) is 19.4 Å². The summed E-state index contributed by atoms with van der Waals surface area (Å²) in [6.07, 6.45) is 2.15. The molecule has 0 aliphatic carbocycles. The molecule has 0 radical (unpaired) electrons. The van der Waals surface area contributed by atoms with Crippen molar-refractivity contribution in [1.29, 1.82) is 0 Å². The average molecular weight is 438 g/mol. The van der Waals surface area contributed by atoms with Gasteiger partial charge in [0, 0.05) is 29.5 Å². The molecular formula is C22H20ClN5O3. The van der Waals surface area contributed by atoms with Gasteiger partial charge in [0.05, 0.1) is 19.9 Å². The molecule has 0 saturated heterocycles. The van der Waals surface area contributed by atoms with Crippen LogP contribution in [0.25, 0.3) is 11.4 Å². The van der Waals surface area contributed by atoms with Crippen LogP contribution in [0.1, 0.15) is 17.9 Å². The van der Waals surface area contributed by atoms with E-state index in [-0.39, 0.29) is 12.3 Å². The van der Waals surface area contributed by atoms with Crippen LogP contribution in [-0.2, 0) is 17.8 Å². The Morgan fingerprint density at radius 2 is 1.97 bits per heavy atom. The van der Waals surface area contributed by atoms with E-state index in [4.69, 9.17) is 20.9 Å². The highest BCUT2D eigenvalue weighted by atomic mass is 35.5. The second kappa shape index (κ2) is 9.44. The fourth-order valence-electron chi connectivity index (χ4n) is 2.99. The Morgan fingerprint density at radius 3 is 2.74 bits per heavy atom. The summed E-state index contributed by atoms with van der Waals surface area (Å²) in [6, 6.07) is 16.6. The second-order valence-corrected chi connectivity index (χ2v) is 7.16. The van der Waals surface area contributed by atoms with E-state index in [9.17, 15) is 4.79 Å². The lowest BCUT2D eigenvalue weighted by atomic mass is 10.2. The molecular weight excluding hydrogens is 418 g/mol. The normalized spacial score (nSPS) is 10.8. The van der Waals surface area contributed by atoms with Gasteiger partial charge in [-0.1, -0.05) is 35.0 Å². The molecule has 2 heterocycles. The number of nitrogens with zero attached hydrogens (tertiary/aromatic N) is 4. The predicted molar refractivity (Wildman–Crippen MR) is 116 cm³/mol. The molecule has 2 aromatic carbocycles. The first-order valence-electron chi connectivity index (χ1n) is 9.64. The number of aryl methyl sites for hydroxylation is 1. The average Bonchev–Trinajstić information content (AvgIpc) is 3.44. The van der Waals surface area contributed by atoms with Crippen LogP contribution < -0.4 is 10.1 Å². The quantitative estimate of drug-likeness (QED) is 0.443. The van der Waals surface area contributed by atoms with Gasteiger partial charge in [0.15, 0.2) is 0 Å². The number of benzene rings is 2. The first-order valence-corrected chi connectivity index (χ1v) is 10.0. The Bertz CT molecular complexity index is 1170. The topological polar surface area (TPSA) is 95.1 Å². The fourth-order valence-corrected chi connectivity index (χ4v) is 3.19. The molecule has 0 fully saturated rings. The van der Waals surface area contributed by atoms with Gasteiger partial charge < -0.3 is 14.6 Å². The first kappa shape index (κ1) is 20.6. The van der Waals surface area contributed by atoms with Crippen molar-refractivity contribution in [3.8, 4) is 17.1 Å².